The van der Waals surface area contributed by atoms with Crippen LogP contribution in [0, 0.1) is 0 Å². The van der Waals surface area contributed by atoms with Gasteiger partial charge in [0.1, 0.15) is 18.5 Å². The van der Waals surface area contributed by atoms with E-state index >= 15 is 0 Å². The van der Waals surface area contributed by atoms with Gasteiger partial charge >= 0.3 is 17.9 Å². The number of carbonyl (C=O) groups is 3. The van der Waals surface area contributed by atoms with Crippen molar-refractivity contribution in [3.8, 4) is 0 Å². The van der Waals surface area contributed by atoms with Crippen LogP contribution < -0.4 is 0 Å². The summed E-state index contributed by atoms with van der Waals surface area (Å²) in [5.41, 5.74) is 2.26. The highest BCUT2D eigenvalue weighted by atomic mass is 79.9. The lowest BCUT2D eigenvalue weighted by Gasteiger charge is -2.08. The van der Waals surface area contributed by atoms with Crippen LogP contribution in [0.25, 0.3) is 0 Å². The van der Waals surface area contributed by atoms with Gasteiger partial charge in [0.25, 0.3) is 0 Å². The summed E-state index contributed by atoms with van der Waals surface area (Å²) in [6, 6.07) is 19.8. The Morgan fingerprint density at radius 2 is 0.875 bits per heavy atom. The Morgan fingerprint density at radius 1 is 0.542 bits per heavy atom. The summed E-state index contributed by atoms with van der Waals surface area (Å²) in [7, 11) is 0. The number of alkyl halides is 1. The molecule has 0 spiro atoms. The first kappa shape index (κ1) is 47.2. The Labute approximate surface area is 294 Å². The van der Waals surface area contributed by atoms with Gasteiger partial charge in [-0.15, -0.1) is 0 Å². The van der Waals surface area contributed by atoms with Crippen molar-refractivity contribution in [2.24, 2.45) is 0 Å². The first-order chi connectivity index (χ1) is 22.9. The number of aliphatic hydroxyl groups is 2. The van der Waals surface area contributed by atoms with Gasteiger partial charge in [-0.05, 0) is 52.7 Å². The molecule has 2 aromatic rings. The third kappa shape index (κ3) is 35.9. The van der Waals surface area contributed by atoms with Crippen molar-refractivity contribution in [2.45, 2.75) is 73.1 Å². The Kier molecular flexibility index (Phi) is 33.4. The van der Waals surface area contributed by atoms with E-state index in [0.717, 1.165) is 11.1 Å². The van der Waals surface area contributed by atoms with Gasteiger partial charge in [0.2, 0.25) is 0 Å². The van der Waals surface area contributed by atoms with Gasteiger partial charge in [-0.1, -0.05) is 76.6 Å². The Morgan fingerprint density at radius 3 is 1.23 bits per heavy atom. The van der Waals surface area contributed by atoms with Crippen LogP contribution >= 0.6 is 15.9 Å². The van der Waals surface area contributed by atoms with Crippen LogP contribution in [0.2, 0.25) is 0 Å². The lowest BCUT2D eigenvalue weighted by Crippen LogP contribution is -2.18. The first-order valence-electron chi connectivity index (χ1n) is 15.7. The van der Waals surface area contributed by atoms with Crippen molar-refractivity contribution >= 4 is 33.8 Å². The summed E-state index contributed by atoms with van der Waals surface area (Å²) >= 11 is 2.97. The zero-order chi connectivity index (χ0) is 36.4. The maximum absolute atomic E-state index is 11.1. The van der Waals surface area contributed by atoms with Crippen LogP contribution in [-0.4, -0.2) is 105 Å². The summed E-state index contributed by atoms with van der Waals surface area (Å²) in [6.07, 6.45) is -0.212. The molecule has 0 heterocycles. The zero-order valence-corrected chi connectivity index (χ0v) is 30.7. The number of aliphatic hydroxyl groups excluding tert-OH is 2. The fourth-order valence-electron chi connectivity index (χ4n) is 2.97. The van der Waals surface area contributed by atoms with E-state index in [-0.39, 0.29) is 68.6 Å². The molecule has 2 N–H and O–H groups in total. The van der Waals surface area contributed by atoms with Crippen molar-refractivity contribution in [3.63, 3.8) is 0 Å². The monoisotopic (exact) mass is 746 g/mol. The third-order valence-electron chi connectivity index (χ3n) is 4.72. The average Bonchev–Trinajstić information content (AvgIpc) is 3.04. The predicted octanol–water partition coefficient (Wildman–Crippen LogP) is 4.65. The van der Waals surface area contributed by atoms with Crippen molar-refractivity contribution in [3.05, 3.63) is 71.8 Å². The van der Waals surface area contributed by atoms with Gasteiger partial charge in [-0.25, -0.2) is 9.59 Å². The second kappa shape index (κ2) is 34.0. The highest BCUT2D eigenvalue weighted by molar-refractivity contribution is 9.09. The van der Waals surface area contributed by atoms with Crippen LogP contribution in [0.3, 0.4) is 0 Å². The van der Waals surface area contributed by atoms with Crippen molar-refractivity contribution in [1.29, 1.82) is 0 Å². The molecule has 0 aliphatic carbocycles. The average molecular weight is 748 g/mol. The minimum absolute atomic E-state index is 0.0000463. The van der Waals surface area contributed by atoms with Crippen LogP contribution in [0.15, 0.2) is 60.7 Å². The van der Waals surface area contributed by atoms with Gasteiger partial charge in [0.15, 0.2) is 0 Å². The molecule has 0 aromatic heterocycles. The van der Waals surface area contributed by atoms with Crippen LogP contribution in [-0.2, 0) is 60.8 Å². The van der Waals surface area contributed by atoms with E-state index < -0.39 is 5.97 Å². The van der Waals surface area contributed by atoms with Crippen molar-refractivity contribution < 1.29 is 57.8 Å². The molecule has 0 amide bonds. The van der Waals surface area contributed by atoms with Gasteiger partial charge in [-0.3, -0.25) is 4.79 Å². The highest BCUT2D eigenvalue weighted by Gasteiger charge is 2.05. The minimum Gasteiger partial charge on any atom is -0.462 e. The lowest BCUT2D eigenvalue weighted by atomic mass is 10.2. The molecule has 0 saturated heterocycles. The summed E-state index contributed by atoms with van der Waals surface area (Å²) in [5, 5.41) is 17.0. The Hall–Kier alpha value is -2.91. The fourth-order valence-corrected chi connectivity index (χ4v) is 3.11. The molecule has 2 aromatic carbocycles. The van der Waals surface area contributed by atoms with Crippen LogP contribution in [0.5, 0.6) is 0 Å². The molecule has 274 valence electrons. The molecule has 0 atom stereocenters. The van der Waals surface area contributed by atoms with E-state index in [2.05, 4.69) is 15.9 Å². The van der Waals surface area contributed by atoms with E-state index in [1.807, 2.05) is 74.5 Å². The number of benzene rings is 2. The predicted molar refractivity (Wildman–Crippen MR) is 185 cm³/mol. The third-order valence-corrected chi connectivity index (χ3v) is 5.17. The molecule has 0 aliphatic heterocycles. The molecule has 0 radical (unpaired) electrons. The normalized spacial score (nSPS) is 10.2. The number of hydrogen-bond donors (Lipinski definition) is 2. The largest absolute Gasteiger partial charge is 0.462 e. The molecule has 0 fully saturated rings. The number of carbonyl (C=O) groups excluding carboxylic acids is 3. The summed E-state index contributed by atoms with van der Waals surface area (Å²) in [6.45, 7) is 13.3. The molecule has 0 aliphatic rings. The molecular formula is C35H55BrO12. The van der Waals surface area contributed by atoms with Crippen LogP contribution in [0.4, 0.5) is 0 Å². The second-order valence-corrected chi connectivity index (χ2v) is 10.9. The zero-order valence-electron chi connectivity index (χ0n) is 29.1. The lowest BCUT2D eigenvalue weighted by molar-refractivity contribution is -0.154. The molecule has 0 bridgehead atoms. The minimum atomic E-state index is -0.395. The maximum atomic E-state index is 11.1. The molecule has 12 nitrogen and oxygen atoms in total. The molecule has 2 rings (SSSR count). The number of ether oxygens (including phenoxy) is 7. The summed E-state index contributed by atoms with van der Waals surface area (Å²) in [5.74, 6) is -0.943. The second-order valence-electron chi connectivity index (χ2n) is 10.4. The van der Waals surface area contributed by atoms with E-state index in [4.69, 9.17) is 43.4 Å². The molecular weight excluding hydrogens is 692 g/mol. The first-order valence-corrected chi connectivity index (χ1v) is 16.8. The van der Waals surface area contributed by atoms with Crippen molar-refractivity contribution in [1.82, 2.24) is 0 Å². The van der Waals surface area contributed by atoms with Gasteiger partial charge in [-0.2, -0.15) is 0 Å². The molecule has 0 saturated carbocycles. The number of rotatable bonds is 19. The SMILES string of the molecule is CC(C)OC(=O)CBr.CC(C)OC(=O)COCCO.CC(C)OC(=O)COCCOCc1ccccc1.OCCOCc1ccccc1. The fraction of sp³-hybridized carbons (Fsp3) is 0.571. The van der Waals surface area contributed by atoms with E-state index in [1.165, 1.54) is 0 Å². The van der Waals surface area contributed by atoms with E-state index in [9.17, 15) is 14.4 Å². The van der Waals surface area contributed by atoms with Gasteiger partial charge in [0.05, 0.1) is 71.2 Å². The highest BCUT2D eigenvalue weighted by Crippen LogP contribution is 2.01. The summed E-state index contributed by atoms with van der Waals surface area (Å²) < 4.78 is 34.8. The number of esters is 3. The van der Waals surface area contributed by atoms with Crippen LogP contribution in [0.1, 0.15) is 52.7 Å². The van der Waals surface area contributed by atoms with E-state index in [1.54, 1.807) is 27.7 Å². The van der Waals surface area contributed by atoms with Gasteiger partial charge < -0.3 is 43.4 Å². The Balaban J connectivity index is 0. The quantitative estimate of drug-likeness (QED) is 0.0890. The van der Waals surface area contributed by atoms with Crippen molar-refractivity contribution in [2.75, 3.05) is 58.2 Å². The van der Waals surface area contributed by atoms with Gasteiger partial charge in [0, 0.05) is 0 Å². The maximum Gasteiger partial charge on any atom is 0.332 e. The molecule has 0 unspecified atom stereocenters. The molecule has 13 heteroatoms. The number of halogens is 1. The van der Waals surface area contributed by atoms with E-state index in [0.29, 0.717) is 33.0 Å². The number of hydrogen-bond acceptors (Lipinski definition) is 12. The standard InChI is InChI=1S/C14H20O4.C9H12O2.C7H14O4.C5H9BrO2/c1-12(2)18-14(15)11-17-9-8-16-10-13-6-4-3-5-7-13;10-6-7-11-8-9-4-2-1-3-5-9;1-6(2)11-7(9)5-10-4-3-8;1-4(2)8-5(7)3-6/h3-7,12H,8-11H2,1-2H3;1-5,10H,6-8H2;6,8H,3-5H2,1-2H3;4H,3H2,1-2H3. The Bertz CT molecular complexity index is 1020. The summed E-state index contributed by atoms with van der Waals surface area (Å²) in [4.78, 5) is 32.2. The topological polar surface area (TPSA) is 156 Å². The smallest absolute Gasteiger partial charge is 0.332 e. The molecule has 48 heavy (non-hydrogen) atoms.